The van der Waals surface area contributed by atoms with E-state index in [0.717, 1.165) is 6.07 Å². The van der Waals surface area contributed by atoms with Crippen molar-refractivity contribution < 1.29 is 18.0 Å². The molecule has 0 aliphatic carbocycles. The van der Waals surface area contributed by atoms with Crippen molar-refractivity contribution in [2.24, 2.45) is 4.99 Å². The maximum Gasteiger partial charge on any atom is 0.416 e. The second-order valence-electron chi connectivity index (χ2n) is 4.57. The van der Waals surface area contributed by atoms with Gasteiger partial charge < -0.3 is 5.32 Å². The predicted molar refractivity (Wildman–Crippen MR) is 65.7 cm³/mol. The Morgan fingerprint density at radius 2 is 2.11 bits per heavy atom. The first-order chi connectivity index (χ1) is 8.77. The molecule has 0 fully saturated rings. The Balaban J connectivity index is 2.31. The minimum Gasteiger partial charge on any atom is -0.351 e. The molecule has 0 aromatic heterocycles. The highest BCUT2D eigenvalue weighted by Crippen LogP contribution is 2.39. The van der Waals surface area contributed by atoms with E-state index in [4.69, 9.17) is 0 Å². The number of amides is 1. The molecule has 1 N–H and O–H groups in total. The summed E-state index contributed by atoms with van der Waals surface area (Å²) in [6.07, 6.45) is -4.25. The number of hydrogen-bond donors (Lipinski definition) is 1. The van der Waals surface area contributed by atoms with E-state index >= 15 is 0 Å². The fraction of sp³-hybridized carbons (Fsp3) is 0.385. The maximum absolute atomic E-state index is 12.9. The molecule has 0 bridgehead atoms. The van der Waals surface area contributed by atoms with Gasteiger partial charge in [-0.05, 0) is 30.2 Å². The molecule has 1 aromatic rings. The number of fused-ring (bicyclic) bond motifs is 1. The summed E-state index contributed by atoms with van der Waals surface area (Å²) in [7, 11) is 0. The first-order valence-corrected chi connectivity index (χ1v) is 5.79. The van der Waals surface area contributed by atoms with Crippen LogP contribution in [0.25, 0.3) is 0 Å². The molecule has 3 nitrogen and oxygen atoms in total. The SMILES string of the molecule is CC(=O)NCC1=Nc2cc(C)cc(C(F)(F)F)c2C1. The molecule has 0 saturated heterocycles. The van der Waals surface area contributed by atoms with Crippen LogP contribution in [-0.2, 0) is 17.4 Å². The van der Waals surface area contributed by atoms with Crippen LogP contribution in [0.1, 0.15) is 23.6 Å². The Kier molecular flexibility index (Phi) is 3.34. The average Bonchev–Trinajstić information content (AvgIpc) is 2.66. The van der Waals surface area contributed by atoms with Gasteiger partial charge in [0.1, 0.15) is 0 Å². The number of carbonyl (C=O) groups excluding carboxylic acids is 1. The molecule has 6 heteroatoms. The fourth-order valence-corrected chi connectivity index (χ4v) is 2.08. The van der Waals surface area contributed by atoms with Gasteiger partial charge in [-0.2, -0.15) is 13.2 Å². The van der Waals surface area contributed by atoms with Crippen LogP contribution in [-0.4, -0.2) is 18.2 Å². The van der Waals surface area contributed by atoms with Crippen molar-refractivity contribution >= 4 is 17.3 Å². The van der Waals surface area contributed by atoms with Crippen LogP contribution in [0.3, 0.4) is 0 Å². The zero-order valence-electron chi connectivity index (χ0n) is 10.6. The molecule has 2 rings (SSSR count). The lowest BCUT2D eigenvalue weighted by Crippen LogP contribution is -2.27. The van der Waals surface area contributed by atoms with E-state index in [1.54, 1.807) is 13.0 Å². The largest absolute Gasteiger partial charge is 0.416 e. The summed E-state index contributed by atoms with van der Waals surface area (Å²) in [6.45, 7) is 3.14. The Bertz CT molecular complexity index is 562. The number of nitrogens with zero attached hydrogens (tertiary/aromatic N) is 1. The molecule has 0 atom stereocenters. The number of aliphatic imine (C=N–C) groups is 1. The zero-order valence-corrected chi connectivity index (χ0v) is 10.6. The molecule has 0 saturated carbocycles. The highest BCUT2D eigenvalue weighted by atomic mass is 19.4. The van der Waals surface area contributed by atoms with E-state index in [2.05, 4.69) is 10.3 Å². The second-order valence-corrected chi connectivity index (χ2v) is 4.57. The standard InChI is InChI=1S/C13H13F3N2O/c1-7-3-11(13(14,15)16)10-5-9(6-17-8(2)19)18-12(10)4-7/h3-4H,5-6H2,1-2H3,(H,17,19). The van der Waals surface area contributed by atoms with Gasteiger partial charge in [0.05, 0.1) is 17.8 Å². The molecule has 1 heterocycles. The number of carbonyl (C=O) groups is 1. The highest BCUT2D eigenvalue weighted by molar-refractivity contribution is 5.97. The third-order valence-corrected chi connectivity index (χ3v) is 2.88. The van der Waals surface area contributed by atoms with Crippen LogP contribution in [0.4, 0.5) is 18.9 Å². The highest BCUT2D eigenvalue weighted by Gasteiger charge is 2.36. The summed E-state index contributed by atoms with van der Waals surface area (Å²) < 4.78 is 38.8. The van der Waals surface area contributed by atoms with Gasteiger partial charge in [-0.1, -0.05) is 0 Å². The smallest absolute Gasteiger partial charge is 0.351 e. The van der Waals surface area contributed by atoms with Crippen LogP contribution in [0.2, 0.25) is 0 Å². The van der Waals surface area contributed by atoms with Gasteiger partial charge in [-0.25, -0.2) is 0 Å². The number of hydrogen-bond acceptors (Lipinski definition) is 2. The lowest BCUT2D eigenvalue weighted by Gasteiger charge is -2.12. The number of aryl methyl sites for hydroxylation is 1. The Morgan fingerprint density at radius 1 is 1.42 bits per heavy atom. The normalized spacial score (nSPS) is 14.1. The Labute approximate surface area is 108 Å². The molecule has 1 aromatic carbocycles. The van der Waals surface area contributed by atoms with Crippen LogP contribution < -0.4 is 5.32 Å². The van der Waals surface area contributed by atoms with Crippen LogP contribution in [0, 0.1) is 6.92 Å². The van der Waals surface area contributed by atoms with Crippen molar-refractivity contribution in [3.63, 3.8) is 0 Å². The number of rotatable bonds is 2. The topological polar surface area (TPSA) is 41.5 Å². The van der Waals surface area contributed by atoms with Crippen molar-refractivity contribution in [1.29, 1.82) is 0 Å². The van der Waals surface area contributed by atoms with E-state index in [0.29, 0.717) is 17.0 Å². The molecular formula is C13H13F3N2O. The number of alkyl halides is 3. The summed E-state index contributed by atoms with van der Waals surface area (Å²) in [4.78, 5) is 15.0. The third-order valence-electron chi connectivity index (χ3n) is 2.88. The van der Waals surface area contributed by atoms with Crippen molar-refractivity contribution in [3.05, 3.63) is 28.8 Å². The molecule has 1 amide bonds. The molecule has 102 valence electrons. The van der Waals surface area contributed by atoms with Gasteiger partial charge in [-0.15, -0.1) is 0 Å². The van der Waals surface area contributed by atoms with Gasteiger partial charge in [0, 0.05) is 19.1 Å². The first kappa shape index (κ1) is 13.6. The van der Waals surface area contributed by atoms with Gasteiger partial charge in [0.25, 0.3) is 0 Å². The lowest BCUT2D eigenvalue weighted by molar-refractivity contribution is -0.138. The van der Waals surface area contributed by atoms with Crippen LogP contribution >= 0.6 is 0 Å². The first-order valence-electron chi connectivity index (χ1n) is 5.79. The van der Waals surface area contributed by atoms with Crippen molar-refractivity contribution in [3.8, 4) is 0 Å². The van der Waals surface area contributed by atoms with Crippen LogP contribution in [0.15, 0.2) is 17.1 Å². The van der Waals surface area contributed by atoms with Gasteiger partial charge >= 0.3 is 6.18 Å². The fourth-order valence-electron chi connectivity index (χ4n) is 2.08. The summed E-state index contributed by atoms with van der Waals surface area (Å²) >= 11 is 0. The van der Waals surface area contributed by atoms with Crippen LogP contribution in [0.5, 0.6) is 0 Å². The minimum absolute atomic E-state index is 0.130. The van der Waals surface area contributed by atoms with E-state index in [1.807, 2.05) is 0 Å². The van der Waals surface area contributed by atoms with Crippen molar-refractivity contribution in [1.82, 2.24) is 5.32 Å². The minimum atomic E-state index is -4.38. The lowest BCUT2D eigenvalue weighted by atomic mass is 9.99. The number of benzene rings is 1. The summed E-state index contributed by atoms with van der Waals surface area (Å²) in [5, 5.41) is 2.54. The summed E-state index contributed by atoms with van der Waals surface area (Å²) in [5.74, 6) is -0.231. The second kappa shape index (κ2) is 4.68. The number of nitrogens with one attached hydrogen (secondary N) is 1. The molecule has 0 spiro atoms. The maximum atomic E-state index is 12.9. The predicted octanol–water partition coefficient (Wildman–Crippen LogP) is 2.78. The molecule has 0 unspecified atom stereocenters. The monoisotopic (exact) mass is 270 g/mol. The van der Waals surface area contributed by atoms with E-state index in [1.165, 1.54) is 6.92 Å². The zero-order chi connectivity index (χ0) is 14.2. The Hall–Kier alpha value is -1.85. The molecule has 1 aliphatic rings. The Morgan fingerprint density at radius 3 is 2.68 bits per heavy atom. The van der Waals surface area contributed by atoms with Crippen molar-refractivity contribution in [2.45, 2.75) is 26.4 Å². The quantitative estimate of drug-likeness (QED) is 0.882. The molecule has 19 heavy (non-hydrogen) atoms. The van der Waals surface area contributed by atoms with Gasteiger partial charge in [0.2, 0.25) is 5.91 Å². The molecule has 0 radical (unpaired) electrons. The van der Waals surface area contributed by atoms with E-state index in [-0.39, 0.29) is 24.4 Å². The molecular weight excluding hydrogens is 257 g/mol. The number of halogens is 3. The van der Waals surface area contributed by atoms with Crippen molar-refractivity contribution in [2.75, 3.05) is 6.54 Å². The average molecular weight is 270 g/mol. The molecule has 1 aliphatic heterocycles. The summed E-state index contributed by atoms with van der Waals surface area (Å²) in [6, 6.07) is 2.76. The van der Waals surface area contributed by atoms with Gasteiger partial charge in [0.15, 0.2) is 0 Å². The van der Waals surface area contributed by atoms with E-state index < -0.39 is 11.7 Å². The third kappa shape index (κ3) is 2.94. The van der Waals surface area contributed by atoms with Gasteiger partial charge in [-0.3, -0.25) is 9.79 Å². The van der Waals surface area contributed by atoms with E-state index in [9.17, 15) is 18.0 Å². The summed E-state index contributed by atoms with van der Waals surface area (Å²) in [5.41, 5.74) is 0.979.